The normalized spacial score (nSPS) is 16.4. The highest BCUT2D eigenvalue weighted by molar-refractivity contribution is 5.89. The third kappa shape index (κ3) is 4.50. The van der Waals surface area contributed by atoms with Crippen LogP contribution < -0.4 is 9.64 Å². The molecule has 0 unspecified atom stereocenters. The first-order valence-corrected chi connectivity index (χ1v) is 11.8. The average molecular weight is 472 g/mol. The number of ether oxygens (including phenoxy) is 2. The second kappa shape index (κ2) is 8.80. The van der Waals surface area contributed by atoms with Crippen molar-refractivity contribution in [1.82, 2.24) is 9.97 Å². The molecule has 0 bridgehead atoms. The number of rotatable bonds is 7. The van der Waals surface area contributed by atoms with Gasteiger partial charge in [-0.3, -0.25) is 4.79 Å². The summed E-state index contributed by atoms with van der Waals surface area (Å²) in [7, 11) is 1.38. The number of carbonyl (C=O) groups is 2. The van der Waals surface area contributed by atoms with Gasteiger partial charge in [0.15, 0.2) is 0 Å². The molecule has 7 nitrogen and oxygen atoms in total. The number of aromatic nitrogens is 2. The number of esters is 1. The van der Waals surface area contributed by atoms with Crippen LogP contribution in [-0.2, 0) is 21.6 Å². The summed E-state index contributed by atoms with van der Waals surface area (Å²) in [5.41, 5.74) is 3.53. The number of anilines is 1. The predicted molar refractivity (Wildman–Crippen MR) is 132 cm³/mol. The molecule has 1 aliphatic heterocycles. The number of methoxy groups -OCH3 is 1. The molecule has 5 rings (SSSR count). The van der Waals surface area contributed by atoms with Crippen LogP contribution in [0.25, 0.3) is 0 Å². The van der Waals surface area contributed by atoms with E-state index in [1.165, 1.54) is 7.11 Å². The third-order valence-corrected chi connectivity index (χ3v) is 7.17. The summed E-state index contributed by atoms with van der Waals surface area (Å²) in [6.07, 6.45) is 3.14. The van der Waals surface area contributed by atoms with Crippen LogP contribution in [0.2, 0.25) is 0 Å². The molecule has 7 heteroatoms. The standard InChI is InChI=1S/C28H29N3O4/c1-27(2,20-6-4-19(5-7-20)25(33)34-3)21-8-10-24(11-9-21)35-16-22-12-13-29-26(30-22)31-17-28(18-31)14-23(32)15-28/h4-13H,14-18H2,1-3H3. The topological polar surface area (TPSA) is 81.6 Å². The van der Waals surface area contributed by atoms with Crippen molar-refractivity contribution >= 4 is 17.7 Å². The number of ketones is 1. The molecule has 2 aromatic carbocycles. The summed E-state index contributed by atoms with van der Waals surface area (Å²) in [6, 6.07) is 17.4. The van der Waals surface area contributed by atoms with Gasteiger partial charge in [-0.1, -0.05) is 38.1 Å². The Bertz CT molecular complexity index is 1240. The number of hydrogen-bond donors (Lipinski definition) is 0. The highest BCUT2D eigenvalue weighted by Crippen LogP contribution is 2.46. The molecule has 1 saturated carbocycles. The Hall–Kier alpha value is -3.74. The largest absolute Gasteiger partial charge is 0.487 e. The molecule has 1 saturated heterocycles. The highest BCUT2D eigenvalue weighted by Gasteiger charge is 2.52. The van der Waals surface area contributed by atoms with Crippen molar-refractivity contribution in [2.24, 2.45) is 5.41 Å². The van der Waals surface area contributed by atoms with Gasteiger partial charge in [0, 0.05) is 43.0 Å². The van der Waals surface area contributed by atoms with E-state index in [1.807, 2.05) is 30.3 Å². The fourth-order valence-corrected chi connectivity index (χ4v) is 4.96. The van der Waals surface area contributed by atoms with Crippen molar-refractivity contribution in [3.63, 3.8) is 0 Å². The van der Waals surface area contributed by atoms with Gasteiger partial charge in [0.25, 0.3) is 0 Å². The first-order valence-electron chi connectivity index (χ1n) is 11.8. The van der Waals surface area contributed by atoms with Gasteiger partial charge in [-0.05, 0) is 41.5 Å². The summed E-state index contributed by atoms with van der Waals surface area (Å²) >= 11 is 0. The van der Waals surface area contributed by atoms with Gasteiger partial charge in [-0.15, -0.1) is 0 Å². The van der Waals surface area contributed by atoms with Crippen LogP contribution >= 0.6 is 0 Å². The molecule has 35 heavy (non-hydrogen) atoms. The summed E-state index contributed by atoms with van der Waals surface area (Å²) < 4.78 is 10.8. The molecule has 2 heterocycles. The maximum absolute atomic E-state index is 11.7. The molecule has 2 aliphatic rings. The van der Waals surface area contributed by atoms with E-state index in [9.17, 15) is 9.59 Å². The lowest BCUT2D eigenvalue weighted by molar-refractivity contribution is -0.134. The molecule has 2 fully saturated rings. The van der Waals surface area contributed by atoms with E-state index in [4.69, 9.17) is 9.47 Å². The summed E-state index contributed by atoms with van der Waals surface area (Å²) in [5.74, 6) is 1.49. The summed E-state index contributed by atoms with van der Waals surface area (Å²) in [6.45, 7) is 6.36. The molecule has 0 radical (unpaired) electrons. The second-order valence-corrected chi connectivity index (χ2v) is 10.1. The predicted octanol–water partition coefficient (Wildman–Crippen LogP) is 4.34. The first kappa shape index (κ1) is 23.0. The maximum atomic E-state index is 11.7. The van der Waals surface area contributed by atoms with E-state index in [0.29, 0.717) is 36.7 Å². The zero-order chi connectivity index (χ0) is 24.6. The first-order chi connectivity index (χ1) is 16.8. The van der Waals surface area contributed by atoms with Crippen molar-refractivity contribution in [1.29, 1.82) is 0 Å². The molecule has 1 spiro atoms. The van der Waals surface area contributed by atoms with Crippen LogP contribution in [-0.4, -0.2) is 41.9 Å². The molecule has 0 amide bonds. The van der Waals surface area contributed by atoms with Gasteiger partial charge in [-0.25, -0.2) is 14.8 Å². The molecular formula is C28H29N3O4. The Morgan fingerprint density at radius 1 is 1.00 bits per heavy atom. The minimum atomic E-state index is -0.338. The zero-order valence-corrected chi connectivity index (χ0v) is 20.3. The quantitative estimate of drug-likeness (QED) is 0.474. The molecule has 1 aromatic heterocycles. The van der Waals surface area contributed by atoms with Gasteiger partial charge in [0.2, 0.25) is 5.95 Å². The van der Waals surface area contributed by atoms with Gasteiger partial charge >= 0.3 is 5.97 Å². The molecule has 180 valence electrons. The van der Waals surface area contributed by atoms with Crippen molar-refractivity contribution in [2.45, 2.75) is 38.7 Å². The molecule has 0 atom stereocenters. The van der Waals surface area contributed by atoms with E-state index in [0.717, 1.165) is 35.7 Å². The SMILES string of the molecule is COC(=O)c1ccc(C(C)(C)c2ccc(OCc3ccnc(N4CC5(CC(=O)C5)C4)n3)cc2)cc1. The van der Waals surface area contributed by atoms with Crippen molar-refractivity contribution in [2.75, 3.05) is 25.1 Å². The molecule has 0 N–H and O–H groups in total. The number of Topliss-reactive ketones (excluding diaryl/α,β-unsaturated/α-hetero) is 1. The second-order valence-electron chi connectivity index (χ2n) is 10.1. The van der Waals surface area contributed by atoms with E-state index in [1.54, 1.807) is 18.3 Å². The van der Waals surface area contributed by atoms with Crippen molar-refractivity contribution < 1.29 is 19.1 Å². The van der Waals surface area contributed by atoms with Crippen LogP contribution in [0.1, 0.15) is 53.9 Å². The Morgan fingerprint density at radius 3 is 2.23 bits per heavy atom. The van der Waals surface area contributed by atoms with Crippen molar-refractivity contribution in [3.8, 4) is 5.75 Å². The molecule has 3 aromatic rings. The van der Waals surface area contributed by atoms with Gasteiger partial charge in [0.1, 0.15) is 18.1 Å². The average Bonchev–Trinajstić information content (AvgIpc) is 2.84. The van der Waals surface area contributed by atoms with E-state index in [2.05, 4.69) is 40.8 Å². The number of carbonyl (C=O) groups excluding carboxylic acids is 2. The zero-order valence-electron chi connectivity index (χ0n) is 20.3. The van der Waals surface area contributed by atoms with Crippen LogP contribution in [0.5, 0.6) is 5.75 Å². The summed E-state index contributed by atoms with van der Waals surface area (Å²) in [5, 5.41) is 0. The number of nitrogens with zero attached hydrogens (tertiary/aromatic N) is 3. The lowest BCUT2D eigenvalue weighted by Crippen LogP contribution is -2.63. The third-order valence-electron chi connectivity index (χ3n) is 7.17. The van der Waals surface area contributed by atoms with E-state index >= 15 is 0 Å². The summed E-state index contributed by atoms with van der Waals surface area (Å²) in [4.78, 5) is 34.2. The monoisotopic (exact) mass is 471 g/mol. The minimum Gasteiger partial charge on any atom is -0.487 e. The number of benzene rings is 2. The Balaban J connectivity index is 1.20. The van der Waals surface area contributed by atoms with Gasteiger partial charge < -0.3 is 14.4 Å². The van der Waals surface area contributed by atoms with Crippen molar-refractivity contribution in [3.05, 3.63) is 83.2 Å². The molecular weight excluding hydrogens is 442 g/mol. The minimum absolute atomic E-state index is 0.172. The lowest BCUT2D eigenvalue weighted by atomic mass is 9.63. The van der Waals surface area contributed by atoms with Crippen LogP contribution in [0.15, 0.2) is 60.8 Å². The Morgan fingerprint density at radius 2 is 1.63 bits per heavy atom. The van der Waals surface area contributed by atoms with Crippen LogP contribution in [0.3, 0.4) is 0 Å². The fourth-order valence-electron chi connectivity index (χ4n) is 4.96. The smallest absolute Gasteiger partial charge is 0.337 e. The molecule has 1 aliphatic carbocycles. The highest BCUT2D eigenvalue weighted by atomic mass is 16.5. The lowest BCUT2D eigenvalue weighted by Gasteiger charge is -2.54. The maximum Gasteiger partial charge on any atom is 0.337 e. The van der Waals surface area contributed by atoms with E-state index < -0.39 is 0 Å². The van der Waals surface area contributed by atoms with Crippen LogP contribution in [0, 0.1) is 5.41 Å². The van der Waals surface area contributed by atoms with E-state index in [-0.39, 0.29) is 16.8 Å². The van der Waals surface area contributed by atoms with Crippen LogP contribution in [0.4, 0.5) is 5.95 Å². The van der Waals surface area contributed by atoms with Gasteiger partial charge in [-0.2, -0.15) is 0 Å². The van der Waals surface area contributed by atoms with Gasteiger partial charge in [0.05, 0.1) is 18.4 Å². The Kier molecular flexibility index (Phi) is 5.79. The number of hydrogen-bond acceptors (Lipinski definition) is 7. The fraction of sp³-hybridized carbons (Fsp3) is 0.357. The Labute approximate surface area is 205 Å².